The van der Waals surface area contributed by atoms with Crippen LogP contribution in [0.15, 0.2) is 170 Å². The third kappa shape index (κ3) is 44.4. The van der Waals surface area contributed by atoms with E-state index in [9.17, 15) is 34.5 Å². The van der Waals surface area contributed by atoms with E-state index in [0.29, 0.717) is 32.1 Å². The van der Waals surface area contributed by atoms with Gasteiger partial charge >= 0.3 is 23.9 Å². The Hall–Kier alpha value is -5.92. The molecule has 0 saturated carbocycles. The number of carboxylic acid groups (broad SMARTS) is 1. The summed E-state index contributed by atoms with van der Waals surface area (Å²) in [5.41, 5.74) is 0. The second-order valence-electron chi connectivity index (χ2n) is 19.5. The summed E-state index contributed by atoms with van der Waals surface area (Å²) in [7, 11) is 0. The van der Waals surface area contributed by atoms with Gasteiger partial charge in [0.25, 0.3) is 0 Å². The number of carbonyl (C=O) groups is 4. The number of hydrogen-bond acceptors (Lipinski definition) is 11. The zero-order chi connectivity index (χ0) is 58.9. The third-order valence-electron chi connectivity index (χ3n) is 12.3. The second-order valence-corrected chi connectivity index (χ2v) is 19.5. The van der Waals surface area contributed by atoms with Crippen LogP contribution in [0.1, 0.15) is 188 Å². The van der Waals surface area contributed by atoms with Crippen molar-refractivity contribution >= 4 is 23.9 Å². The molecule has 12 nitrogen and oxygen atoms in total. The van der Waals surface area contributed by atoms with Gasteiger partial charge in [0.1, 0.15) is 18.8 Å². The summed E-state index contributed by atoms with van der Waals surface area (Å²) >= 11 is 0. The molecule has 3 N–H and O–H groups in total. The number of hydrogen-bond donors (Lipinski definition) is 3. The first-order chi connectivity index (χ1) is 39.6. The summed E-state index contributed by atoms with van der Waals surface area (Å²) in [6.07, 6.45) is 69.0. The summed E-state index contributed by atoms with van der Waals surface area (Å²) in [6, 6.07) is 0. The molecular weight excluding hydrogens is 1020 g/mol. The molecule has 1 rings (SSSR count). The first-order valence-electron chi connectivity index (χ1n) is 30.1. The Bertz CT molecular complexity index is 2060. The van der Waals surface area contributed by atoms with Crippen LogP contribution in [0.2, 0.25) is 0 Å². The van der Waals surface area contributed by atoms with Gasteiger partial charge in [0.05, 0.1) is 6.61 Å². The van der Waals surface area contributed by atoms with E-state index in [1.54, 1.807) is 0 Å². The first kappa shape index (κ1) is 73.1. The number of unbranched alkanes of at least 4 members (excludes halogenated alkanes) is 6. The van der Waals surface area contributed by atoms with E-state index in [0.717, 1.165) is 116 Å². The van der Waals surface area contributed by atoms with Crippen molar-refractivity contribution in [1.29, 1.82) is 0 Å². The average molecular weight is 1120 g/mol. The SMILES string of the molecule is CC/C=C\C/C=C\C/C=C\C/C=C\C/C=C\CCCC(=O)OCC(COC1OC(C(=O)O)C(O)C(O)C1OC(=O)CCC/C=C\C/C=C\C/C=C\C/C=C\C/C=C\CC)OC(=O)CCCCCC/C=C\C/C=C\C/C=C\C/C=C\CC. The molecule has 0 aromatic heterocycles. The van der Waals surface area contributed by atoms with E-state index in [1.165, 1.54) is 0 Å². The van der Waals surface area contributed by atoms with Crippen molar-refractivity contribution in [3.63, 3.8) is 0 Å². The van der Waals surface area contributed by atoms with Crippen LogP contribution in [-0.2, 0) is 42.9 Å². The van der Waals surface area contributed by atoms with Crippen molar-refractivity contribution in [2.45, 2.75) is 225 Å². The Morgan fingerprint density at radius 2 is 0.753 bits per heavy atom. The maximum Gasteiger partial charge on any atom is 0.335 e. The van der Waals surface area contributed by atoms with Crippen LogP contribution < -0.4 is 0 Å². The molecule has 1 saturated heterocycles. The lowest BCUT2D eigenvalue weighted by molar-refractivity contribution is -0.301. The highest BCUT2D eigenvalue weighted by Crippen LogP contribution is 2.26. The van der Waals surface area contributed by atoms with E-state index in [2.05, 4.69) is 167 Å². The fourth-order valence-corrected chi connectivity index (χ4v) is 7.78. The van der Waals surface area contributed by atoms with E-state index < -0.39 is 67.3 Å². The van der Waals surface area contributed by atoms with Crippen molar-refractivity contribution < 1.29 is 58.2 Å². The van der Waals surface area contributed by atoms with E-state index in [4.69, 9.17) is 23.7 Å². The number of esters is 3. The standard InChI is InChI=1S/C69H102O12/c1-4-7-10-13-16-19-22-25-28-31-34-37-40-43-46-49-52-55-61(70)77-58-60(79-62(71)56-53-50-47-44-41-38-35-32-29-26-23-20-17-14-11-8-5-2)59-78-69-67(65(74)64(73)66(81-69)68(75)76)80-63(72)57-54-51-48-45-42-39-36-33-30-27-24-21-18-15-12-9-6-3/h7-12,16-21,25-30,34-39,43,45-46,48,60,64-67,69,73-74H,4-6,13-15,22-24,31-33,40-42,44,47,49-59H2,1-3H3,(H,75,76)/b10-7-,11-8-,12-9-,19-16-,20-17-,21-18-,28-25-,29-26-,30-27-,37-34-,38-35-,39-36-,46-43-,48-45-. The number of aliphatic hydroxyl groups is 2. The van der Waals surface area contributed by atoms with Crippen LogP contribution in [0.4, 0.5) is 0 Å². The monoisotopic (exact) mass is 1120 g/mol. The number of allylic oxidation sites excluding steroid dienone is 28. The van der Waals surface area contributed by atoms with Crippen LogP contribution in [0, 0.1) is 0 Å². The molecule has 0 amide bonds. The molecule has 0 spiro atoms. The lowest BCUT2D eigenvalue weighted by Gasteiger charge is -2.40. The van der Waals surface area contributed by atoms with Crippen molar-refractivity contribution in [2.24, 2.45) is 0 Å². The largest absolute Gasteiger partial charge is 0.479 e. The zero-order valence-electron chi connectivity index (χ0n) is 49.4. The summed E-state index contributed by atoms with van der Waals surface area (Å²) in [5, 5.41) is 31.5. The molecule has 1 heterocycles. The van der Waals surface area contributed by atoms with Gasteiger partial charge in [0.2, 0.25) is 0 Å². The molecule has 0 bridgehead atoms. The highest BCUT2D eigenvalue weighted by atomic mass is 16.7. The highest BCUT2D eigenvalue weighted by molar-refractivity contribution is 5.74. The van der Waals surface area contributed by atoms with Gasteiger partial charge in [0, 0.05) is 19.3 Å². The molecule has 0 aromatic carbocycles. The van der Waals surface area contributed by atoms with Crippen LogP contribution in [-0.4, -0.2) is 89.2 Å². The van der Waals surface area contributed by atoms with Crippen LogP contribution in [0.25, 0.3) is 0 Å². The van der Waals surface area contributed by atoms with Crippen molar-refractivity contribution in [3.8, 4) is 0 Å². The van der Waals surface area contributed by atoms with Gasteiger partial charge in [-0.2, -0.15) is 0 Å². The number of carboxylic acids is 1. The van der Waals surface area contributed by atoms with Gasteiger partial charge in [-0.15, -0.1) is 0 Å². The van der Waals surface area contributed by atoms with Gasteiger partial charge in [-0.1, -0.05) is 204 Å². The van der Waals surface area contributed by atoms with Gasteiger partial charge in [0.15, 0.2) is 24.6 Å². The maximum atomic E-state index is 13.2. The predicted octanol–water partition coefficient (Wildman–Crippen LogP) is 15.9. The van der Waals surface area contributed by atoms with Gasteiger partial charge in [-0.25, -0.2) is 4.79 Å². The number of rotatable bonds is 48. The molecular formula is C69H102O12. The van der Waals surface area contributed by atoms with E-state index in [1.807, 2.05) is 24.3 Å². The number of aliphatic carboxylic acids is 1. The lowest BCUT2D eigenvalue weighted by atomic mass is 9.98. The summed E-state index contributed by atoms with van der Waals surface area (Å²) in [6.45, 7) is 5.54. The molecule has 12 heteroatoms. The molecule has 450 valence electrons. The molecule has 0 aromatic rings. The summed E-state index contributed by atoms with van der Waals surface area (Å²) in [5.74, 6) is -3.34. The van der Waals surface area contributed by atoms with Crippen molar-refractivity contribution in [3.05, 3.63) is 170 Å². The Morgan fingerprint density at radius 1 is 0.407 bits per heavy atom. The topological polar surface area (TPSA) is 175 Å². The van der Waals surface area contributed by atoms with Crippen LogP contribution in [0.3, 0.4) is 0 Å². The minimum atomic E-state index is -1.94. The summed E-state index contributed by atoms with van der Waals surface area (Å²) in [4.78, 5) is 51.2. The van der Waals surface area contributed by atoms with Gasteiger partial charge in [-0.3, -0.25) is 14.4 Å². The van der Waals surface area contributed by atoms with Crippen LogP contribution >= 0.6 is 0 Å². The Labute approximate surface area is 487 Å². The number of aliphatic hydroxyl groups excluding tert-OH is 2. The quantitative estimate of drug-likeness (QED) is 0.0228. The molecule has 0 radical (unpaired) electrons. The smallest absolute Gasteiger partial charge is 0.335 e. The van der Waals surface area contributed by atoms with Crippen LogP contribution in [0.5, 0.6) is 0 Å². The Kier molecular flexibility index (Phi) is 49.3. The zero-order valence-corrected chi connectivity index (χ0v) is 49.4. The third-order valence-corrected chi connectivity index (χ3v) is 12.3. The predicted molar refractivity (Wildman–Crippen MR) is 330 cm³/mol. The molecule has 1 aliphatic heterocycles. The molecule has 6 unspecified atom stereocenters. The minimum absolute atomic E-state index is 0.0373. The molecule has 6 atom stereocenters. The van der Waals surface area contributed by atoms with Gasteiger partial charge < -0.3 is 39.0 Å². The minimum Gasteiger partial charge on any atom is -0.479 e. The second kappa shape index (κ2) is 54.7. The number of carbonyl (C=O) groups excluding carboxylic acids is 3. The summed E-state index contributed by atoms with van der Waals surface area (Å²) < 4.78 is 28.3. The molecule has 1 aliphatic rings. The van der Waals surface area contributed by atoms with E-state index >= 15 is 0 Å². The fourth-order valence-electron chi connectivity index (χ4n) is 7.78. The molecule has 81 heavy (non-hydrogen) atoms. The lowest BCUT2D eigenvalue weighted by Crippen LogP contribution is -2.61. The Balaban J connectivity index is 2.80. The average Bonchev–Trinajstić information content (AvgIpc) is 3.53. The highest BCUT2D eigenvalue weighted by Gasteiger charge is 2.50. The number of ether oxygens (including phenoxy) is 5. The van der Waals surface area contributed by atoms with Gasteiger partial charge in [-0.05, 0) is 135 Å². The normalized spacial score (nSPS) is 19.0. The maximum absolute atomic E-state index is 13.2. The molecule has 1 fully saturated rings. The molecule has 0 aliphatic carbocycles. The fraction of sp³-hybridized carbons (Fsp3) is 0.536. The van der Waals surface area contributed by atoms with Crippen molar-refractivity contribution in [1.82, 2.24) is 0 Å². The van der Waals surface area contributed by atoms with E-state index in [-0.39, 0.29) is 25.9 Å². The Morgan fingerprint density at radius 3 is 1.15 bits per heavy atom. The van der Waals surface area contributed by atoms with Crippen molar-refractivity contribution in [2.75, 3.05) is 13.2 Å². The first-order valence-corrected chi connectivity index (χ1v) is 30.1.